The van der Waals surface area contributed by atoms with Crippen molar-refractivity contribution in [2.45, 2.75) is 51.5 Å². The highest BCUT2D eigenvalue weighted by molar-refractivity contribution is 6.34. The van der Waals surface area contributed by atoms with Crippen LogP contribution in [0, 0.1) is 4.91 Å². The van der Waals surface area contributed by atoms with Crippen LogP contribution in [-0.4, -0.2) is 44.3 Å². The number of carbonyl (C=O) groups is 1. The summed E-state index contributed by atoms with van der Waals surface area (Å²) in [6.45, 7) is 5.11. The van der Waals surface area contributed by atoms with Crippen molar-refractivity contribution in [3.8, 4) is 0 Å². The maximum atomic E-state index is 13.0. The molecule has 0 radical (unpaired) electrons. The van der Waals surface area contributed by atoms with Crippen LogP contribution in [0.25, 0.3) is 16.6 Å². The van der Waals surface area contributed by atoms with Gasteiger partial charge in [0.15, 0.2) is 0 Å². The van der Waals surface area contributed by atoms with Crippen molar-refractivity contribution in [2.75, 3.05) is 13.1 Å². The maximum Gasteiger partial charge on any atom is 0.274 e. The number of rotatable bonds is 5. The van der Waals surface area contributed by atoms with E-state index < -0.39 is 0 Å². The van der Waals surface area contributed by atoms with Crippen LogP contribution in [0.15, 0.2) is 28.3 Å². The number of amides is 1. The third-order valence-corrected chi connectivity index (χ3v) is 6.39. The summed E-state index contributed by atoms with van der Waals surface area (Å²) in [6.07, 6.45) is 4.49. The number of nitroso groups, excluding NO2 is 1. The van der Waals surface area contributed by atoms with Crippen LogP contribution < -0.4 is 5.56 Å². The van der Waals surface area contributed by atoms with E-state index in [4.69, 9.17) is 11.6 Å². The quantitative estimate of drug-likeness (QED) is 0.617. The SMILES string of the molecule is CCC(CC)c1ncc2c(=O)[nH]c3cc(C(=O)N4CCC(N=O)CC4)c(Cl)cc3n12. The highest BCUT2D eigenvalue weighted by Gasteiger charge is 2.26. The lowest BCUT2D eigenvalue weighted by Gasteiger charge is -2.29. The van der Waals surface area contributed by atoms with E-state index in [1.165, 1.54) is 0 Å². The summed E-state index contributed by atoms with van der Waals surface area (Å²) in [4.78, 5) is 45.5. The van der Waals surface area contributed by atoms with Crippen molar-refractivity contribution in [2.24, 2.45) is 5.18 Å². The summed E-state index contributed by atoms with van der Waals surface area (Å²) in [6, 6.07) is 3.12. The third-order valence-electron chi connectivity index (χ3n) is 6.08. The number of aromatic nitrogens is 3. The van der Waals surface area contributed by atoms with Gasteiger partial charge in [-0.1, -0.05) is 30.6 Å². The lowest BCUT2D eigenvalue weighted by Crippen LogP contribution is -2.39. The zero-order valence-corrected chi connectivity index (χ0v) is 17.8. The minimum Gasteiger partial charge on any atom is -0.338 e. The van der Waals surface area contributed by atoms with Gasteiger partial charge in [0.05, 0.1) is 33.9 Å². The van der Waals surface area contributed by atoms with E-state index in [1.807, 2.05) is 4.40 Å². The second-order valence-electron chi connectivity index (χ2n) is 7.78. The fraction of sp³-hybridized carbons (Fsp3) is 0.476. The Bertz CT molecular complexity index is 1170. The maximum absolute atomic E-state index is 13.0. The Morgan fingerprint density at radius 1 is 1.27 bits per heavy atom. The second kappa shape index (κ2) is 8.18. The van der Waals surface area contributed by atoms with Gasteiger partial charge in [-0.2, -0.15) is 4.91 Å². The van der Waals surface area contributed by atoms with Crippen LogP contribution in [0.5, 0.6) is 0 Å². The molecule has 0 spiro atoms. The molecule has 1 fully saturated rings. The zero-order chi connectivity index (χ0) is 21.4. The van der Waals surface area contributed by atoms with Crippen molar-refractivity contribution in [1.29, 1.82) is 0 Å². The van der Waals surface area contributed by atoms with Gasteiger partial charge in [0.2, 0.25) is 0 Å². The molecule has 0 bridgehead atoms. The molecule has 0 unspecified atom stereocenters. The number of carbonyl (C=O) groups excluding carboxylic acids is 1. The van der Waals surface area contributed by atoms with Crippen LogP contribution in [-0.2, 0) is 0 Å². The van der Waals surface area contributed by atoms with E-state index in [2.05, 4.69) is 29.0 Å². The van der Waals surface area contributed by atoms with Gasteiger partial charge >= 0.3 is 0 Å². The lowest BCUT2D eigenvalue weighted by molar-refractivity contribution is 0.0715. The fourth-order valence-electron chi connectivity index (χ4n) is 4.26. The molecule has 30 heavy (non-hydrogen) atoms. The number of piperidine rings is 1. The molecule has 2 aromatic heterocycles. The third kappa shape index (κ3) is 3.39. The monoisotopic (exact) mass is 429 g/mol. The van der Waals surface area contributed by atoms with E-state index >= 15 is 0 Å². The first kappa shape index (κ1) is 20.5. The van der Waals surface area contributed by atoms with Gasteiger partial charge in [-0.15, -0.1) is 0 Å². The van der Waals surface area contributed by atoms with Crippen LogP contribution in [0.1, 0.15) is 61.6 Å². The molecule has 3 heterocycles. The van der Waals surface area contributed by atoms with Gasteiger partial charge in [-0.3, -0.25) is 14.0 Å². The van der Waals surface area contributed by atoms with Crippen molar-refractivity contribution in [3.63, 3.8) is 0 Å². The molecule has 158 valence electrons. The lowest BCUT2D eigenvalue weighted by atomic mass is 10.0. The Kier molecular flexibility index (Phi) is 5.60. The number of imidazole rings is 1. The molecule has 0 atom stereocenters. The fourth-order valence-corrected chi connectivity index (χ4v) is 4.50. The molecule has 1 aromatic carbocycles. The summed E-state index contributed by atoms with van der Waals surface area (Å²) >= 11 is 6.54. The molecule has 1 aliphatic heterocycles. The number of nitrogens with zero attached hydrogens (tertiary/aromatic N) is 4. The first-order valence-electron chi connectivity index (χ1n) is 10.3. The molecular formula is C21H24ClN5O3. The van der Waals surface area contributed by atoms with Gasteiger partial charge in [0.25, 0.3) is 11.5 Å². The van der Waals surface area contributed by atoms with Crippen molar-refractivity contribution >= 4 is 34.1 Å². The summed E-state index contributed by atoms with van der Waals surface area (Å²) < 4.78 is 1.85. The van der Waals surface area contributed by atoms with Crippen LogP contribution in [0.2, 0.25) is 5.02 Å². The first-order chi connectivity index (χ1) is 14.5. The van der Waals surface area contributed by atoms with Crippen LogP contribution in [0.3, 0.4) is 0 Å². The largest absolute Gasteiger partial charge is 0.338 e. The Morgan fingerprint density at radius 3 is 2.60 bits per heavy atom. The van der Waals surface area contributed by atoms with Gasteiger partial charge in [0, 0.05) is 19.0 Å². The molecule has 0 aliphatic carbocycles. The van der Waals surface area contributed by atoms with Gasteiger partial charge in [-0.25, -0.2) is 4.98 Å². The van der Waals surface area contributed by atoms with E-state index in [-0.39, 0.29) is 23.4 Å². The topological polar surface area (TPSA) is 99.9 Å². The van der Waals surface area contributed by atoms with E-state index in [9.17, 15) is 14.5 Å². The molecule has 8 nitrogen and oxygen atoms in total. The van der Waals surface area contributed by atoms with Gasteiger partial charge in [0.1, 0.15) is 11.3 Å². The number of hydrogen-bond acceptors (Lipinski definition) is 5. The van der Waals surface area contributed by atoms with E-state index in [1.54, 1.807) is 23.2 Å². The predicted molar refractivity (Wildman–Crippen MR) is 116 cm³/mol. The second-order valence-corrected chi connectivity index (χ2v) is 8.19. The number of fused-ring (bicyclic) bond motifs is 3. The van der Waals surface area contributed by atoms with Crippen molar-refractivity contribution in [3.05, 3.63) is 50.0 Å². The number of halogens is 1. The molecule has 0 saturated carbocycles. The number of hydrogen-bond donors (Lipinski definition) is 1. The Morgan fingerprint density at radius 2 is 1.97 bits per heavy atom. The minimum absolute atomic E-state index is 0.210. The molecule has 1 saturated heterocycles. The summed E-state index contributed by atoms with van der Waals surface area (Å²) in [5.41, 5.74) is 1.79. The molecule has 4 rings (SSSR count). The van der Waals surface area contributed by atoms with Gasteiger partial charge in [-0.05, 0) is 37.8 Å². The highest BCUT2D eigenvalue weighted by Crippen LogP contribution is 2.29. The first-order valence-corrected chi connectivity index (χ1v) is 10.7. The average molecular weight is 430 g/mol. The molecular weight excluding hydrogens is 406 g/mol. The summed E-state index contributed by atoms with van der Waals surface area (Å²) in [7, 11) is 0. The van der Waals surface area contributed by atoms with Crippen molar-refractivity contribution in [1.82, 2.24) is 19.3 Å². The molecule has 3 aromatic rings. The number of nitrogens with one attached hydrogen (secondary N) is 1. The smallest absolute Gasteiger partial charge is 0.274 e. The van der Waals surface area contributed by atoms with Crippen LogP contribution >= 0.6 is 11.6 Å². The van der Waals surface area contributed by atoms with E-state index in [0.717, 1.165) is 24.2 Å². The Hall–Kier alpha value is -2.74. The van der Waals surface area contributed by atoms with Crippen LogP contribution in [0.4, 0.5) is 0 Å². The standard InChI is InChI=1S/C21H24ClN5O3/c1-3-12(4-2)19-23-11-18-20(28)24-16-9-14(15(22)10-17(16)27(18)19)21(29)26-7-5-13(25-30)6-8-26/h9-13H,3-8H2,1-2H3,(H,24,28). The minimum atomic E-state index is -0.259. The molecule has 1 N–H and O–H groups in total. The molecule has 9 heteroatoms. The Balaban J connectivity index is 1.82. The Labute approximate surface area is 178 Å². The zero-order valence-electron chi connectivity index (χ0n) is 17.0. The number of likely N-dealkylation sites (tertiary alicyclic amines) is 1. The summed E-state index contributed by atoms with van der Waals surface area (Å²) in [5.74, 6) is 0.827. The number of H-pyrrole nitrogens is 1. The number of benzene rings is 1. The molecule has 1 amide bonds. The van der Waals surface area contributed by atoms with E-state index in [0.29, 0.717) is 47.6 Å². The van der Waals surface area contributed by atoms with Gasteiger partial charge < -0.3 is 9.88 Å². The normalized spacial score (nSPS) is 15.4. The number of aromatic amines is 1. The predicted octanol–water partition coefficient (Wildman–Crippen LogP) is 4.10. The average Bonchev–Trinajstić information content (AvgIpc) is 3.20. The molecule has 1 aliphatic rings. The van der Waals surface area contributed by atoms with Crippen molar-refractivity contribution < 1.29 is 4.79 Å². The highest BCUT2D eigenvalue weighted by atomic mass is 35.5. The summed E-state index contributed by atoms with van der Waals surface area (Å²) in [5, 5.41) is 3.40.